The van der Waals surface area contributed by atoms with Crippen molar-refractivity contribution in [3.8, 4) is 0 Å². The summed E-state index contributed by atoms with van der Waals surface area (Å²) in [6, 6.07) is 0. The molecule has 92 valence electrons. The summed E-state index contributed by atoms with van der Waals surface area (Å²) in [4.78, 5) is 22.7. The summed E-state index contributed by atoms with van der Waals surface area (Å²) < 4.78 is 0. The number of likely N-dealkylation sites (N-methyl/N-ethyl adjacent to an activating group) is 1. The quantitative estimate of drug-likeness (QED) is 0.585. The molecular formula is C11H21N3O2. The Morgan fingerprint density at radius 3 is 2.38 bits per heavy atom. The molecule has 0 heterocycles. The predicted molar refractivity (Wildman–Crippen MR) is 61.6 cm³/mol. The van der Waals surface area contributed by atoms with E-state index < -0.39 is 0 Å². The first-order chi connectivity index (χ1) is 7.62. The molecule has 16 heavy (non-hydrogen) atoms. The van der Waals surface area contributed by atoms with Crippen LogP contribution in [0.15, 0.2) is 0 Å². The van der Waals surface area contributed by atoms with Crippen molar-refractivity contribution in [3.63, 3.8) is 0 Å². The van der Waals surface area contributed by atoms with Crippen molar-refractivity contribution in [2.45, 2.75) is 32.6 Å². The highest BCUT2D eigenvalue weighted by atomic mass is 16.2. The smallest absolute Gasteiger partial charge is 0.239 e. The van der Waals surface area contributed by atoms with Gasteiger partial charge in [0.1, 0.15) is 0 Å². The highest BCUT2D eigenvalue weighted by Gasteiger charge is 2.37. The Labute approximate surface area is 96.1 Å². The summed E-state index contributed by atoms with van der Waals surface area (Å²) >= 11 is 0. The topological polar surface area (TPSA) is 84.2 Å². The molecule has 1 saturated carbocycles. The van der Waals surface area contributed by atoms with Gasteiger partial charge in [0.25, 0.3) is 0 Å². The molecule has 2 amide bonds. The molecule has 4 N–H and O–H groups in total. The Bertz CT molecular complexity index is 256. The number of hydrogen-bond donors (Lipinski definition) is 3. The van der Waals surface area contributed by atoms with E-state index in [0.29, 0.717) is 19.5 Å². The average molecular weight is 227 g/mol. The van der Waals surface area contributed by atoms with Crippen molar-refractivity contribution in [2.24, 2.45) is 11.1 Å². The summed E-state index contributed by atoms with van der Waals surface area (Å²) in [6.45, 7) is 3.05. The summed E-state index contributed by atoms with van der Waals surface area (Å²) in [6.07, 6.45) is 3.65. The number of nitrogens with two attached hydrogens (primary N) is 1. The number of rotatable bonds is 6. The lowest BCUT2D eigenvalue weighted by atomic mass is 9.66. The van der Waals surface area contributed by atoms with Gasteiger partial charge in [0.2, 0.25) is 11.8 Å². The van der Waals surface area contributed by atoms with E-state index in [2.05, 4.69) is 10.6 Å². The number of carbonyl (C=O) groups excluding carboxylic acids is 2. The minimum absolute atomic E-state index is 0.00527. The number of amides is 2. The zero-order valence-electron chi connectivity index (χ0n) is 9.84. The molecule has 5 heteroatoms. The van der Waals surface area contributed by atoms with Crippen molar-refractivity contribution in [1.29, 1.82) is 0 Å². The van der Waals surface area contributed by atoms with E-state index in [0.717, 1.165) is 19.3 Å². The molecule has 5 nitrogen and oxygen atoms in total. The van der Waals surface area contributed by atoms with E-state index >= 15 is 0 Å². The molecule has 0 atom stereocenters. The van der Waals surface area contributed by atoms with Crippen LogP contribution in [-0.4, -0.2) is 31.4 Å². The molecule has 1 aliphatic carbocycles. The van der Waals surface area contributed by atoms with Crippen LogP contribution >= 0.6 is 0 Å². The fourth-order valence-corrected chi connectivity index (χ4v) is 1.97. The average Bonchev–Trinajstić information content (AvgIpc) is 2.21. The van der Waals surface area contributed by atoms with Crippen LogP contribution in [0.25, 0.3) is 0 Å². The lowest BCUT2D eigenvalue weighted by Crippen LogP contribution is -2.44. The number of carbonyl (C=O) groups is 2. The van der Waals surface area contributed by atoms with Gasteiger partial charge >= 0.3 is 0 Å². The molecule has 1 rings (SSSR count). The van der Waals surface area contributed by atoms with Crippen LogP contribution in [0.4, 0.5) is 0 Å². The van der Waals surface area contributed by atoms with E-state index in [4.69, 9.17) is 5.73 Å². The molecule has 0 aromatic heterocycles. The summed E-state index contributed by atoms with van der Waals surface area (Å²) in [5, 5.41) is 5.25. The van der Waals surface area contributed by atoms with Crippen LogP contribution in [-0.2, 0) is 9.59 Å². The van der Waals surface area contributed by atoms with Crippen molar-refractivity contribution in [2.75, 3.05) is 19.6 Å². The van der Waals surface area contributed by atoms with Gasteiger partial charge in [-0.25, -0.2) is 0 Å². The minimum atomic E-state index is -0.147. The van der Waals surface area contributed by atoms with Crippen molar-refractivity contribution in [1.82, 2.24) is 10.6 Å². The maximum absolute atomic E-state index is 11.6. The predicted octanol–water partition coefficient (Wildman–Crippen LogP) is -0.242. The molecule has 0 spiro atoms. The van der Waals surface area contributed by atoms with Crippen LogP contribution in [0.1, 0.15) is 32.6 Å². The Hall–Kier alpha value is -1.10. The molecule has 0 unspecified atom stereocenters. The zero-order valence-corrected chi connectivity index (χ0v) is 9.84. The summed E-state index contributed by atoms with van der Waals surface area (Å²) in [5.41, 5.74) is 5.67. The highest BCUT2D eigenvalue weighted by Crippen LogP contribution is 2.42. The van der Waals surface area contributed by atoms with Crippen LogP contribution < -0.4 is 16.4 Å². The largest absolute Gasteiger partial charge is 0.355 e. The molecule has 1 fully saturated rings. The van der Waals surface area contributed by atoms with Crippen molar-refractivity contribution in [3.05, 3.63) is 0 Å². The summed E-state index contributed by atoms with van der Waals surface area (Å²) in [5.74, 6) is -0.220. The Morgan fingerprint density at radius 1 is 1.25 bits per heavy atom. The Kier molecular flexibility index (Phi) is 4.73. The van der Waals surface area contributed by atoms with Gasteiger partial charge in [-0.15, -0.1) is 0 Å². The van der Waals surface area contributed by atoms with E-state index in [9.17, 15) is 9.59 Å². The molecular weight excluding hydrogens is 206 g/mol. The monoisotopic (exact) mass is 227 g/mol. The second-order valence-electron chi connectivity index (χ2n) is 4.46. The third kappa shape index (κ3) is 3.48. The van der Waals surface area contributed by atoms with Gasteiger partial charge in [0.15, 0.2) is 0 Å². The van der Waals surface area contributed by atoms with Crippen LogP contribution in [0.5, 0.6) is 0 Å². The van der Waals surface area contributed by atoms with E-state index in [1.54, 1.807) is 0 Å². The van der Waals surface area contributed by atoms with Gasteiger partial charge in [-0.05, 0) is 31.7 Å². The second-order valence-corrected chi connectivity index (χ2v) is 4.46. The van der Waals surface area contributed by atoms with Gasteiger partial charge in [-0.2, -0.15) is 0 Å². The second kappa shape index (κ2) is 5.84. The molecule has 0 bridgehead atoms. The van der Waals surface area contributed by atoms with Gasteiger partial charge in [-0.3, -0.25) is 9.59 Å². The van der Waals surface area contributed by atoms with E-state index in [1.165, 1.54) is 0 Å². The first-order valence-corrected chi connectivity index (χ1v) is 5.85. The van der Waals surface area contributed by atoms with Crippen LogP contribution in [0, 0.1) is 5.41 Å². The van der Waals surface area contributed by atoms with Crippen molar-refractivity contribution < 1.29 is 9.59 Å². The normalized spacial score (nSPS) is 17.4. The van der Waals surface area contributed by atoms with Gasteiger partial charge in [0.05, 0.1) is 6.54 Å². The Balaban J connectivity index is 2.22. The minimum Gasteiger partial charge on any atom is -0.355 e. The standard InChI is InChI=1S/C11H21N3O2/c1-2-13-10(16)7-14-9(15)6-11(8-12)4-3-5-11/h2-8,12H2,1H3,(H,13,16)(H,14,15). The molecule has 0 aliphatic heterocycles. The first-order valence-electron chi connectivity index (χ1n) is 5.85. The van der Waals surface area contributed by atoms with Gasteiger partial charge in [0, 0.05) is 13.0 Å². The maximum Gasteiger partial charge on any atom is 0.239 e. The van der Waals surface area contributed by atoms with Gasteiger partial charge in [-0.1, -0.05) is 6.42 Å². The first kappa shape index (κ1) is 13.0. The number of nitrogens with one attached hydrogen (secondary N) is 2. The molecule has 0 aromatic rings. The molecule has 0 aromatic carbocycles. The van der Waals surface area contributed by atoms with E-state index in [-0.39, 0.29) is 23.8 Å². The van der Waals surface area contributed by atoms with E-state index in [1.807, 2.05) is 6.92 Å². The highest BCUT2D eigenvalue weighted by molar-refractivity contribution is 5.84. The van der Waals surface area contributed by atoms with Crippen molar-refractivity contribution >= 4 is 11.8 Å². The molecule has 0 saturated heterocycles. The van der Waals surface area contributed by atoms with Crippen LogP contribution in [0.2, 0.25) is 0 Å². The zero-order chi connectivity index (χ0) is 12.0. The Morgan fingerprint density at radius 2 is 1.94 bits per heavy atom. The van der Waals surface area contributed by atoms with Gasteiger partial charge < -0.3 is 16.4 Å². The SMILES string of the molecule is CCNC(=O)CNC(=O)CC1(CN)CCC1. The third-order valence-corrected chi connectivity index (χ3v) is 3.20. The van der Waals surface area contributed by atoms with Crippen LogP contribution in [0.3, 0.4) is 0 Å². The summed E-state index contributed by atoms with van der Waals surface area (Å²) in [7, 11) is 0. The molecule has 1 aliphatic rings. The number of hydrogen-bond acceptors (Lipinski definition) is 3. The lowest BCUT2D eigenvalue weighted by molar-refractivity contribution is -0.128. The third-order valence-electron chi connectivity index (χ3n) is 3.20. The molecule has 0 radical (unpaired) electrons. The lowest BCUT2D eigenvalue weighted by Gasteiger charge is -2.40. The fraction of sp³-hybridized carbons (Fsp3) is 0.818. The maximum atomic E-state index is 11.6. The fourth-order valence-electron chi connectivity index (χ4n) is 1.97.